The second kappa shape index (κ2) is 6.84. The van der Waals surface area contributed by atoms with E-state index in [2.05, 4.69) is 6.92 Å². The van der Waals surface area contributed by atoms with Gasteiger partial charge in [0.2, 0.25) is 0 Å². The van der Waals surface area contributed by atoms with Crippen molar-refractivity contribution in [1.29, 1.82) is 0 Å². The van der Waals surface area contributed by atoms with Crippen LogP contribution in [0.15, 0.2) is 24.3 Å². The van der Waals surface area contributed by atoms with E-state index < -0.39 is 5.97 Å². The Bertz CT molecular complexity index is 447. The van der Waals surface area contributed by atoms with Gasteiger partial charge in [0.15, 0.2) is 0 Å². The lowest BCUT2D eigenvalue weighted by atomic mass is 9.97. The molecule has 0 aliphatic rings. The lowest BCUT2D eigenvalue weighted by Crippen LogP contribution is -1.96. The summed E-state index contributed by atoms with van der Waals surface area (Å²) in [6, 6.07) is 5.96. The smallest absolute Gasteiger partial charge is 0.307 e. The summed E-state index contributed by atoms with van der Waals surface area (Å²) < 4.78 is 5.35. The highest BCUT2D eigenvalue weighted by Gasteiger charge is 2.09. The van der Waals surface area contributed by atoms with E-state index in [9.17, 15) is 4.79 Å². The molecule has 3 nitrogen and oxygen atoms in total. The number of rotatable bonds is 6. The lowest BCUT2D eigenvalue weighted by molar-refractivity contribution is -0.135. The number of aliphatic carboxylic acids is 1. The van der Waals surface area contributed by atoms with Crippen molar-refractivity contribution in [3.8, 4) is 5.75 Å². The van der Waals surface area contributed by atoms with E-state index in [-0.39, 0.29) is 6.42 Å². The van der Waals surface area contributed by atoms with Crippen molar-refractivity contribution in [2.45, 2.75) is 33.1 Å². The summed E-state index contributed by atoms with van der Waals surface area (Å²) in [6.45, 7) is 4.10. The number of ether oxygens (including phenoxy) is 1. The van der Waals surface area contributed by atoms with Crippen LogP contribution in [0.25, 0.3) is 5.57 Å². The number of aryl methyl sites for hydroxylation is 1. The molecule has 0 saturated heterocycles. The van der Waals surface area contributed by atoms with Crippen molar-refractivity contribution >= 4 is 11.5 Å². The molecule has 0 aliphatic heterocycles. The minimum absolute atomic E-state index is 0.0480. The summed E-state index contributed by atoms with van der Waals surface area (Å²) in [5.74, 6) is -0.0130. The quantitative estimate of drug-likeness (QED) is 0.835. The molecule has 18 heavy (non-hydrogen) atoms. The van der Waals surface area contributed by atoms with Crippen molar-refractivity contribution in [3.63, 3.8) is 0 Å². The summed E-state index contributed by atoms with van der Waals surface area (Å²) in [5, 5.41) is 8.78. The maximum Gasteiger partial charge on any atom is 0.307 e. The average Bonchev–Trinajstić information content (AvgIpc) is 2.34. The van der Waals surface area contributed by atoms with Gasteiger partial charge >= 0.3 is 5.97 Å². The minimum Gasteiger partial charge on any atom is -0.496 e. The highest BCUT2D eigenvalue weighted by molar-refractivity contribution is 5.76. The Morgan fingerprint density at radius 1 is 1.44 bits per heavy atom. The first-order valence-corrected chi connectivity index (χ1v) is 6.14. The summed E-state index contributed by atoms with van der Waals surface area (Å²) in [6.07, 6.45) is 3.66. The zero-order valence-electron chi connectivity index (χ0n) is 11.2. The molecule has 0 bridgehead atoms. The molecule has 0 saturated carbocycles. The van der Waals surface area contributed by atoms with Crippen molar-refractivity contribution in [1.82, 2.24) is 0 Å². The molecule has 0 atom stereocenters. The van der Waals surface area contributed by atoms with E-state index in [1.807, 2.05) is 25.1 Å². The van der Waals surface area contributed by atoms with Crippen LogP contribution >= 0.6 is 0 Å². The third-order valence-electron chi connectivity index (χ3n) is 2.74. The maximum absolute atomic E-state index is 10.7. The van der Waals surface area contributed by atoms with Crippen molar-refractivity contribution in [2.75, 3.05) is 7.11 Å². The van der Waals surface area contributed by atoms with E-state index >= 15 is 0 Å². The van der Waals surface area contributed by atoms with Gasteiger partial charge in [0.25, 0.3) is 0 Å². The third-order valence-corrected chi connectivity index (χ3v) is 2.74. The fourth-order valence-corrected chi connectivity index (χ4v) is 1.90. The first-order valence-electron chi connectivity index (χ1n) is 6.14. The van der Waals surface area contributed by atoms with Crippen molar-refractivity contribution in [2.24, 2.45) is 0 Å². The van der Waals surface area contributed by atoms with Crippen molar-refractivity contribution in [3.05, 3.63) is 35.4 Å². The largest absolute Gasteiger partial charge is 0.496 e. The Morgan fingerprint density at radius 3 is 2.72 bits per heavy atom. The fourth-order valence-electron chi connectivity index (χ4n) is 1.90. The number of carbonyl (C=O) groups is 1. The monoisotopic (exact) mass is 248 g/mol. The van der Waals surface area contributed by atoms with E-state index in [4.69, 9.17) is 9.84 Å². The maximum atomic E-state index is 10.7. The van der Waals surface area contributed by atoms with Crippen LogP contribution in [-0.4, -0.2) is 18.2 Å². The molecule has 0 radical (unpaired) electrons. The summed E-state index contributed by atoms with van der Waals surface area (Å²) in [7, 11) is 1.63. The molecule has 1 N–H and O–H groups in total. The third kappa shape index (κ3) is 3.91. The Kier molecular flexibility index (Phi) is 5.43. The first-order chi connectivity index (χ1) is 8.58. The van der Waals surface area contributed by atoms with Gasteiger partial charge in [-0.15, -0.1) is 0 Å². The van der Waals surface area contributed by atoms with Crippen LogP contribution in [0.5, 0.6) is 5.75 Å². The van der Waals surface area contributed by atoms with E-state index in [1.54, 1.807) is 13.2 Å². The molecule has 98 valence electrons. The van der Waals surface area contributed by atoms with Gasteiger partial charge in [-0.3, -0.25) is 4.79 Å². The predicted molar refractivity (Wildman–Crippen MR) is 72.9 cm³/mol. The molecule has 0 aromatic heterocycles. The number of allylic oxidation sites excluding steroid dienone is 1. The van der Waals surface area contributed by atoms with Gasteiger partial charge in [-0.1, -0.05) is 31.1 Å². The SMILES string of the molecule is CCC/C(=C\CC(=O)O)c1cc(C)ccc1OC. The normalized spacial score (nSPS) is 11.4. The molecule has 0 unspecified atom stereocenters. The second-order valence-corrected chi connectivity index (χ2v) is 4.28. The van der Waals surface area contributed by atoms with Gasteiger partial charge in [0, 0.05) is 5.56 Å². The lowest BCUT2D eigenvalue weighted by Gasteiger charge is -2.12. The minimum atomic E-state index is -0.810. The zero-order chi connectivity index (χ0) is 13.5. The van der Waals surface area contributed by atoms with Gasteiger partial charge in [-0.05, 0) is 31.1 Å². The van der Waals surface area contributed by atoms with E-state index in [1.165, 1.54) is 0 Å². The molecular formula is C15H20O3. The second-order valence-electron chi connectivity index (χ2n) is 4.28. The Balaban J connectivity index is 3.15. The average molecular weight is 248 g/mol. The van der Waals surface area contributed by atoms with Gasteiger partial charge in [-0.2, -0.15) is 0 Å². The highest BCUT2D eigenvalue weighted by Crippen LogP contribution is 2.30. The number of hydrogen-bond donors (Lipinski definition) is 1. The fraction of sp³-hybridized carbons (Fsp3) is 0.400. The van der Waals surface area contributed by atoms with Gasteiger partial charge in [0.05, 0.1) is 13.5 Å². The Hall–Kier alpha value is -1.77. The van der Waals surface area contributed by atoms with E-state index in [0.717, 1.165) is 35.3 Å². The van der Waals surface area contributed by atoms with Crippen LogP contribution in [0.2, 0.25) is 0 Å². The summed E-state index contributed by atoms with van der Waals surface area (Å²) in [5.41, 5.74) is 3.18. The molecule has 1 aromatic carbocycles. The van der Waals surface area contributed by atoms with Crippen molar-refractivity contribution < 1.29 is 14.6 Å². The highest BCUT2D eigenvalue weighted by atomic mass is 16.5. The number of hydrogen-bond acceptors (Lipinski definition) is 2. The van der Waals surface area contributed by atoms with Gasteiger partial charge in [0.1, 0.15) is 5.75 Å². The van der Waals surface area contributed by atoms with Crippen LogP contribution in [0.3, 0.4) is 0 Å². The number of carboxylic acid groups (broad SMARTS) is 1. The topological polar surface area (TPSA) is 46.5 Å². The molecule has 1 aromatic rings. The Labute approximate surface area is 108 Å². The van der Waals surface area contributed by atoms with Gasteiger partial charge < -0.3 is 9.84 Å². The molecule has 1 rings (SSSR count). The summed E-state index contributed by atoms with van der Waals surface area (Å²) >= 11 is 0. The van der Waals surface area contributed by atoms with E-state index in [0.29, 0.717) is 0 Å². The Morgan fingerprint density at radius 2 is 2.17 bits per heavy atom. The van der Waals surface area contributed by atoms with Crippen LogP contribution < -0.4 is 4.74 Å². The molecule has 0 spiro atoms. The van der Waals surface area contributed by atoms with Crippen LogP contribution in [0.1, 0.15) is 37.3 Å². The number of benzene rings is 1. The number of carboxylic acids is 1. The van der Waals surface area contributed by atoms with Crippen LogP contribution in [0, 0.1) is 6.92 Å². The van der Waals surface area contributed by atoms with Crippen LogP contribution in [0.4, 0.5) is 0 Å². The molecular weight excluding hydrogens is 228 g/mol. The molecule has 0 aliphatic carbocycles. The molecule has 0 amide bonds. The molecule has 3 heteroatoms. The predicted octanol–water partition coefficient (Wildman–Crippen LogP) is 3.66. The van der Waals surface area contributed by atoms with Crippen LogP contribution in [-0.2, 0) is 4.79 Å². The summed E-state index contributed by atoms with van der Waals surface area (Å²) in [4.78, 5) is 10.7. The molecule has 0 fully saturated rings. The molecule has 0 heterocycles. The zero-order valence-corrected chi connectivity index (χ0v) is 11.2. The first kappa shape index (κ1) is 14.3. The number of methoxy groups -OCH3 is 1. The standard InChI is InChI=1S/C15H20O3/c1-4-5-12(7-9-15(16)17)13-10-11(2)6-8-14(13)18-3/h6-8,10H,4-5,9H2,1-3H3,(H,16,17)/b12-7+. The van der Waals surface area contributed by atoms with Gasteiger partial charge in [-0.25, -0.2) is 0 Å².